The molecule has 1 aliphatic heterocycles. The lowest BCUT2D eigenvalue weighted by molar-refractivity contribution is -0.137. The summed E-state index contributed by atoms with van der Waals surface area (Å²) in [6, 6.07) is 2.20. The van der Waals surface area contributed by atoms with Crippen LogP contribution in [0, 0.1) is 0 Å². The second-order valence-electron chi connectivity index (χ2n) is 7.24. The maximum atomic E-state index is 12.6. The highest BCUT2D eigenvalue weighted by Gasteiger charge is 2.31. The molecule has 1 amide bonds. The van der Waals surface area contributed by atoms with E-state index < -0.39 is 11.7 Å². The lowest BCUT2D eigenvalue weighted by Crippen LogP contribution is -2.39. The normalized spacial score (nSPS) is 21.8. The maximum Gasteiger partial charge on any atom is 0.417 e. The Hall–Kier alpha value is -2.78. The molecule has 0 spiro atoms. The highest BCUT2D eigenvalue weighted by molar-refractivity contribution is 5.96. The largest absolute Gasteiger partial charge is 0.477 e. The molecule has 2 aromatic rings. The first kappa shape index (κ1) is 19.5. The number of nitrogens with zero attached hydrogens (tertiary/aromatic N) is 3. The van der Waals surface area contributed by atoms with Crippen LogP contribution in [0.4, 0.5) is 13.2 Å². The predicted molar refractivity (Wildman–Crippen MR) is 95.7 cm³/mol. The smallest absolute Gasteiger partial charge is 0.417 e. The van der Waals surface area contributed by atoms with Crippen LogP contribution < -0.4 is 14.8 Å². The molecule has 3 heterocycles. The highest BCUT2D eigenvalue weighted by Crippen LogP contribution is 2.30. The number of carbonyl (C=O) groups is 1. The minimum atomic E-state index is -4.41. The SMILES string of the molecule is O=C(NC1CCC(Oc2ccc(C(F)(F)F)cn2)CC1)c1cnn2c1OCCC2. The van der Waals surface area contributed by atoms with Crippen LogP contribution in [0.25, 0.3) is 0 Å². The first-order valence-electron chi connectivity index (χ1n) is 9.59. The van der Waals surface area contributed by atoms with Gasteiger partial charge in [-0.25, -0.2) is 9.67 Å². The second-order valence-corrected chi connectivity index (χ2v) is 7.24. The number of pyridine rings is 1. The van der Waals surface area contributed by atoms with E-state index in [-0.39, 0.29) is 23.9 Å². The predicted octanol–water partition coefficient (Wildman–Crippen LogP) is 3.20. The third kappa shape index (κ3) is 4.46. The van der Waals surface area contributed by atoms with Gasteiger partial charge >= 0.3 is 6.18 Å². The Labute approximate surface area is 165 Å². The molecular formula is C19H21F3N4O3. The molecule has 4 rings (SSSR count). The molecule has 0 unspecified atom stereocenters. The molecule has 7 nitrogen and oxygen atoms in total. The molecule has 0 saturated heterocycles. The molecule has 0 radical (unpaired) electrons. The highest BCUT2D eigenvalue weighted by atomic mass is 19.4. The van der Waals surface area contributed by atoms with Crippen LogP contribution in [0.1, 0.15) is 48.0 Å². The molecule has 2 aromatic heterocycles. The van der Waals surface area contributed by atoms with Crippen molar-refractivity contribution in [3.63, 3.8) is 0 Å². The van der Waals surface area contributed by atoms with Gasteiger partial charge in [0, 0.05) is 31.3 Å². The Balaban J connectivity index is 1.27. The molecule has 1 fully saturated rings. The molecule has 2 aliphatic rings. The van der Waals surface area contributed by atoms with Crippen molar-refractivity contribution in [1.29, 1.82) is 0 Å². The molecular weight excluding hydrogens is 389 g/mol. The lowest BCUT2D eigenvalue weighted by Gasteiger charge is -2.29. The van der Waals surface area contributed by atoms with E-state index in [1.807, 2.05) is 0 Å². The van der Waals surface area contributed by atoms with Crippen molar-refractivity contribution in [2.75, 3.05) is 6.61 Å². The van der Waals surface area contributed by atoms with Crippen LogP contribution in [0.2, 0.25) is 0 Å². The number of fused-ring (bicyclic) bond motifs is 1. The van der Waals surface area contributed by atoms with Crippen molar-refractivity contribution < 1.29 is 27.4 Å². The number of aryl methyl sites for hydroxylation is 1. The fourth-order valence-corrected chi connectivity index (χ4v) is 3.60. The van der Waals surface area contributed by atoms with Gasteiger partial charge in [-0.15, -0.1) is 0 Å². The van der Waals surface area contributed by atoms with Gasteiger partial charge in [0.05, 0.1) is 18.4 Å². The van der Waals surface area contributed by atoms with E-state index in [4.69, 9.17) is 9.47 Å². The number of amides is 1. The van der Waals surface area contributed by atoms with Crippen molar-refractivity contribution in [3.8, 4) is 11.8 Å². The zero-order valence-corrected chi connectivity index (χ0v) is 15.6. The molecule has 1 aliphatic carbocycles. The van der Waals surface area contributed by atoms with Gasteiger partial charge in [-0.1, -0.05) is 0 Å². The first-order valence-corrected chi connectivity index (χ1v) is 9.59. The van der Waals surface area contributed by atoms with Crippen molar-refractivity contribution in [1.82, 2.24) is 20.1 Å². The first-order chi connectivity index (χ1) is 13.9. The van der Waals surface area contributed by atoms with Crippen molar-refractivity contribution in [2.24, 2.45) is 0 Å². The van der Waals surface area contributed by atoms with E-state index in [9.17, 15) is 18.0 Å². The molecule has 1 N–H and O–H groups in total. The molecule has 0 bridgehead atoms. The number of rotatable bonds is 4. The number of hydrogen-bond acceptors (Lipinski definition) is 5. The molecule has 0 aromatic carbocycles. The summed E-state index contributed by atoms with van der Waals surface area (Å²) < 4.78 is 50.7. The maximum absolute atomic E-state index is 12.6. The Morgan fingerprint density at radius 2 is 2.00 bits per heavy atom. The van der Waals surface area contributed by atoms with Crippen LogP contribution in [0.3, 0.4) is 0 Å². The number of hydrogen-bond donors (Lipinski definition) is 1. The van der Waals surface area contributed by atoms with Crippen LogP contribution in [-0.4, -0.2) is 39.4 Å². The van der Waals surface area contributed by atoms with Gasteiger partial charge in [0.15, 0.2) is 0 Å². The quantitative estimate of drug-likeness (QED) is 0.838. The van der Waals surface area contributed by atoms with Gasteiger partial charge in [0.1, 0.15) is 11.7 Å². The Kier molecular flexibility index (Phi) is 5.33. The van der Waals surface area contributed by atoms with E-state index in [1.54, 1.807) is 4.68 Å². The van der Waals surface area contributed by atoms with Gasteiger partial charge in [-0.2, -0.15) is 18.3 Å². The molecule has 1 saturated carbocycles. The summed E-state index contributed by atoms with van der Waals surface area (Å²) in [6.45, 7) is 1.31. The zero-order chi connectivity index (χ0) is 20.4. The van der Waals surface area contributed by atoms with Crippen LogP contribution in [0.15, 0.2) is 24.5 Å². The number of alkyl halides is 3. The molecule has 0 atom stereocenters. The third-order valence-electron chi connectivity index (χ3n) is 5.15. The van der Waals surface area contributed by atoms with E-state index >= 15 is 0 Å². The standard InChI is InChI=1S/C19H21F3N4O3/c20-19(21,22)12-2-7-16(23-10-12)29-14-5-3-13(4-6-14)25-17(27)15-11-24-26-8-1-9-28-18(15)26/h2,7,10-11,13-14H,1,3-6,8-9H2,(H,25,27). The van der Waals surface area contributed by atoms with Crippen molar-refractivity contribution >= 4 is 5.91 Å². The number of ether oxygens (including phenoxy) is 2. The number of nitrogens with one attached hydrogen (secondary N) is 1. The van der Waals surface area contributed by atoms with Crippen LogP contribution in [0.5, 0.6) is 11.8 Å². The van der Waals surface area contributed by atoms with Crippen molar-refractivity contribution in [2.45, 2.75) is 57.0 Å². The van der Waals surface area contributed by atoms with Gasteiger partial charge in [-0.3, -0.25) is 4.79 Å². The fraction of sp³-hybridized carbons (Fsp3) is 0.526. The van der Waals surface area contributed by atoms with E-state index in [2.05, 4.69) is 15.4 Å². The summed E-state index contributed by atoms with van der Waals surface area (Å²) in [4.78, 5) is 16.3. The Bertz CT molecular complexity index is 859. The molecule has 156 valence electrons. The molecule has 10 heteroatoms. The number of carbonyl (C=O) groups excluding carboxylic acids is 1. The van der Waals surface area contributed by atoms with Crippen molar-refractivity contribution in [3.05, 3.63) is 35.7 Å². The van der Waals surface area contributed by atoms with E-state index in [1.165, 1.54) is 12.3 Å². The summed E-state index contributed by atoms with van der Waals surface area (Å²) >= 11 is 0. The van der Waals surface area contributed by atoms with Gasteiger partial charge in [0.2, 0.25) is 11.8 Å². The minimum absolute atomic E-state index is 0.00190. The van der Waals surface area contributed by atoms with E-state index in [0.717, 1.165) is 25.2 Å². The average Bonchev–Trinajstić information content (AvgIpc) is 3.13. The lowest BCUT2D eigenvalue weighted by atomic mass is 9.93. The van der Waals surface area contributed by atoms with E-state index in [0.29, 0.717) is 43.7 Å². The monoisotopic (exact) mass is 410 g/mol. The molecule has 29 heavy (non-hydrogen) atoms. The zero-order valence-electron chi connectivity index (χ0n) is 15.6. The third-order valence-corrected chi connectivity index (χ3v) is 5.15. The Morgan fingerprint density at radius 1 is 1.21 bits per heavy atom. The summed E-state index contributed by atoms with van der Waals surface area (Å²) in [7, 11) is 0. The number of aromatic nitrogens is 3. The van der Waals surface area contributed by atoms with Gasteiger partial charge in [-0.05, 0) is 31.7 Å². The van der Waals surface area contributed by atoms with Crippen LogP contribution >= 0.6 is 0 Å². The summed E-state index contributed by atoms with van der Waals surface area (Å²) in [5.41, 5.74) is -0.361. The Morgan fingerprint density at radius 3 is 2.69 bits per heavy atom. The fourth-order valence-electron chi connectivity index (χ4n) is 3.60. The van der Waals surface area contributed by atoms with Crippen LogP contribution in [-0.2, 0) is 12.7 Å². The summed E-state index contributed by atoms with van der Waals surface area (Å²) in [5.74, 6) is 0.482. The summed E-state index contributed by atoms with van der Waals surface area (Å²) in [5, 5.41) is 7.20. The minimum Gasteiger partial charge on any atom is -0.477 e. The van der Waals surface area contributed by atoms with Gasteiger partial charge in [0.25, 0.3) is 5.91 Å². The van der Waals surface area contributed by atoms with Gasteiger partial charge < -0.3 is 14.8 Å². The summed E-state index contributed by atoms with van der Waals surface area (Å²) in [6.07, 6.45) is 1.39. The topological polar surface area (TPSA) is 78.3 Å². The average molecular weight is 410 g/mol. The second kappa shape index (κ2) is 7.92. The number of halogens is 3.